The van der Waals surface area contributed by atoms with Gasteiger partial charge < -0.3 is 10.3 Å². The second-order valence-electron chi connectivity index (χ2n) is 4.68. The van der Waals surface area contributed by atoms with E-state index in [2.05, 4.69) is 31.5 Å². The third-order valence-electron chi connectivity index (χ3n) is 3.16. The first-order valence-corrected chi connectivity index (χ1v) is 7.93. The molecule has 0 atom stereocenters. The summed E-state index contributed by atoms with van der Waals surface area (Å²) in [4.78, 5) is 15.4. The number of primary amides is 1. The Kier molecular flexibility index (Phi) is 5.43. The summed E-state index contributed by atoms with van der Waals surface area (Å²) in [7, 11) is 0. The van der Waals surface area contributed by atoms with Crippen LogP contribution in [0.25, 0.3) is 11.0 Å². The number of aryl methyl sites for hydroxylation is 2. The number of nitrogens with two attached hydrogens (primary N) is 1. The smallest absolute Gasteiger partial charge is 0.217 e. The molecule has 0 unspecified atom stereocenters. The number of unbranched alkanes of at least 4 members (excludes halogenated alkanes) is 1. The topological polar surface area (TPSA) is 60.9 Å². The van der Waals surface area contributed by atoms with E-state index in [0.29, 0.717) is 12.3 Å². The van der Waals surface area contributed by atoms with Crippen molar-refractivity contribution in [3.8, 4) is 0 Å². The van der Waals surface area contributed by atoms with Crippen LogP contribution < -0.4 is 5.73 Å². The van der Waals surface area contributed by atoms with Crippen LogP contribution in [0.2, 0.25) is 0 Å². The second kappa shape index (κ2) is 7.09. The van der Waals surface area contributed by atoms with Gasteiger partial charge >= 0.3 is 0 Å². The molecular weight excluding hydrogens is 342 g/mol. The van der Waals surface area contributed by atoms with Gasteiger partial charge in [-0.15, -0.1) is 11.6 Å². The molecule has 108 valence electrons. The van der Waals surface area contributed by atoms with Crippen molar-refractivity contribution in [3.63, 3.8) is 0 Å². The number of rotatable bonds is 7. The van der Waals surface area contributed by atoms with E-state index in [9.17, 15) is 4.79 Å². The molecule has 6 heteroatoms. The van der Waals surface area contributed by atoms with Crippen molar-refractivity contribution in [1.82, 2.24) is 9.55 Å². The Labute approximate surface area is 131 Å². The molecule has 4 nitrogen and oxygen atoms in total. The maximum Gasteiger partial charge on any atom is 0.217 e. The highest BCUT2D eigenvalue weighted by atomic mass is 79.9. The van der Waals surface area contributed by atoms with Gasteiger partial charge in [-0.25, -0.2) is 4.98 Å². The zero-order chi connectivity index (χ0) is 14.5. The van der Waals surface area contributed by atoms with Crippen LogP contribution in [0.15, 0.2) is 22.7 Å². The Bertz CT molecular complexity index is 612. The first-order valence-electron chi connectivity index (χ1n) is 6.60. The average molecular weight is 359 g/mol. The number of amides is 1. The van der Waals surface area contributed by atoms with E-state index in [1.165, 1.54) is 0 Å². The fourth-order valence-electron chi connectivity index (χ4n) is 2.25. The number of aromatic nitrogens is 2. The van der Waals surface area contributed by atoms with Gasteiger partial charge in [0.05, 0.1) is 11.0 Å². The quantitative estimate of drug-likeness (QED) is 0.610. The van der Waals surface area contributed by atoms with Crippen LogP contribution in [-0.2, 0) is 17.8 Å². The normalized spacial score (nSPS) is 11.1. The van der Waals surface area contributed by atoms with Crippen LogP contribution in [0.5, 0.6) is 0 Å². The number of hydrogen-bond acceptors (Lipinski definition) is 2. The Morgan fingerprint density at radius 3 is 2.90 bits per heavy atom. The van der Waals surface area contributed by atoms with Crippen LogP contribution in [0.1, 0.15) is 25.1 Å². The van der Waals surface area contributed by atoms with Crippen LogP contribution in [0, 0.1) is 0 Å². The van der Waals surface area contributed by atoms with Crippen molar-refractivity contribution in [3.05, 3.63) is 28.5 Å². The van der Waals surface area contributed by atoms with Gasteiger partial charge in [0, 0.05) is 29.7 Å². The van der Waals surface area contributed by atoms with Gasteiger partial charge in [-0.1, -0.05) is 15.9 Å². The summed E-state index contributed by atoms with van der Waals surface area (Å²) in [5.74, 6) is 1.30. The summed E-state index contributed by atoms with van der Waals surface area (Å²) in [6, 6.07) is 6.07. The Morgan fingerprint density at radius 1 is 1.40 bits per heavy atom. The van der Waals surface area contributed by atoms with E-state index in [0.717, 1.165) is 47.1 Å². The lowest BCUT2D eigenvalue weighted by Crippen LogP contribution is -2.11. The molecule has 1 amide bonds. The number of hydrogen-bond donors (Lipinski definition) is 1. The van der Waals surface area contributed by atoms with Crippen LogP contribution >= 0.6 is 27.5 Å². The number of alkyl halides is 1. The molecule has 0 saturated heterocycles. The summed E-state index contributed by atoms with van der Waals surface area (Å²) in [5, 5.41) is 0. The van der Waals surface area contributed by atoms with E-state index in [1.54, 1.807) is 0 Å². The molecule has 2 aromatic rings. The van der Waals surface area contributed by atoms with Crippen LogP contribution in [0.3, 0.4) is 0 Å². The highest BCUT2D eigenvalue weighted by Gasteiger charge is 2.10. The Hall–Kier alpha value is -1.07. The molecule has 0 aliphatic carbocycles. The van der Waals surface area contributed by atoms with Crippen molar-refractivity contribution in [2.45, 2.75) is 32.2 Å². The van der Waals surface area contributed by atoms with E-state index in [4.69, 9.17) is 17.3 Å². The first-order chi connectivity index (χ1) is 9.61. The van der Waals surface area contributed by atoms with Gasteiger partial charge in [-0.3, -0.25) is 4.79 Å². The monoisotopic (exact) mass is 357 g/mol. The zero-order valence-corrected chi connectivity index (χ0v) is 13.5. The highest BCUT2D eigenvalue weighted by Crippen LogP contribution is 2.22. The average Bonchev–Trinajstić information content (AvgIpc) is 2.72. The van der Waals surface area contributed by atoms with Crippen LogP contribution in [0.4, 0.5) is 0 Å². The minimum Gasteiger partial charge on any atom is -0.370 e. The molecule has 1 aromatic carbocycles. The Morgan fingerprint density at radius 2 is 2.20 bits per heavy atom. The number of fused-ring (bicyclic) bond motifs is 1. The summed E-state index contributed by atoms with van der Waals surface area (Å²) in [6.07, 6.45) is 2.87. The maximum absolute atomic E-state index is 10.8. The second-order valence-corrected chi connectivity index (χ2v) is 5.97. The minimum atomic E-state index is -0.245. The minimum absolute atomic E-state index is 0.245. The zero-order valence-electron chi connectivity index (χ0n) is 11.1. The summed E-state index contributed by atoms with van der Waals surface area (Å²) >= 11 is 9.30. The summed E-state index contributed by atoms with van der Waals surface area (Å²) < 4.78 is 3.20. The van der Waals surface area contributed by atoms with Gasteiger partial charge in [0.25, 0.3) is 0 Å². The molecule has 0 saturated carbocycles. The lowest BCUT2D eigenvalue weighted by molar-refractivity contribution is -0.118. The van der Waals surface area contributed by atoms with Crippen molar-refractivity contribution in [1.29, 1.82) is 0 Å². The number of halogens is 2. The lowest BCUT2D eigenvalue weighted by atomic mass is 10.2. The fourth-order valence-corrected chi connectivity index (χ4v) is 2.76. The SMILES string of the molecule is NC(=O)CCCCn1c(CCCl)nc2cc(Br)ccc21. The molecule has 1 heterocycles. The lowest BCUT2D eigenvalue weighted by Gasteiger charge is -2.08. The molecule has 20 heavy (non-hydrogen) atoms. The summed E-state index contributed by atoms with van der Waals surface area (Å²) in [6.45, 7) is 0.831. The van der Waals surface area contributed by atoms with Gasteiger partial charge in [-0.2, -0.15) is 0 Å². The number of carbonyl (C=O) groups excluding carboxylic acids is 1. The van der Waals surface area contributed by atoms with Gasteiger partial charge in [0.1, 0.15) is 5.82 Å². The number of carbonyl (C=O) groups is 1. The van der Waals surface area contributed by atoms with Crippen LogP contribution in [-0.4, -0.2) is 21.3 Å². The van der Waals surface area contributed by atoms with E-state index < -0.39 is 0 Å². The first kappa shape index (κ1) is 15.3. The number of benzene rings is 1. The molecule has 0 fully saturated rings. The molecular formula is C14H17BrClN3O. The third-order valence-corrected chi connectivity index (χ3v) is 3.84. The van der Waals surface area contributed by atoms with E-state index >= 15 is 0 Å². The van der Waals surface area contributed by atoms with E-state index in [1.807, 2.05) is 12.1 Å². The van der Waals surface area contributed by atoms with Crippen molar-refractivity contribution in [2.75, 3.05) is 5.88 Å². The Balaban J connectivity index is 2.19. The fraction of sp³-hybridized carbons (Fsp3) is 0.429. The molecule has 0 aliphatic rings. The third kappa shape index (κ3) is 3.73. The predicted molar refractivity (Wildman–Crippen MR) is 84.9 cm³/mol. The van der Waals surface area contributed by atoms with Gasteiger partial charge in [-0.05, 0) is 31.0 Å². The molecule has 0 bridgehead atoms. The molecule has 2 rings (SSSR count). The van der Waals surface area contributed by atoms with E-state index in [-0.39, 0.29) is 5.91 Å². The standard InChI is InChI=1S/C14H17BrClN3O/c15-10-4-5-12-11(9-10)18-14(6-7-16)19(12)8-2-1-3-13(17)20/h4-5,9H,1-3,6-8H2,(H2,17,20). The molecule has 0 aliphatic heterocycles. The predicted octanol–water partition coefficient (Wildman–Crippen LogP) is 3.24. The summed E-state index contributed by atoms with van der Waals surface area (Å²) in [5.41, 5.74) is 7.23. The number of imidazole rings is 1. The van der Waals surface area contributed by atoms with Crippen molar-refractivity contribution < 1.29 is 4.79 Å². The molecule has 0 radical (unpaired) electrons. The van der Waals surface area contributed by atoms with Gasteiger partial charge in [0.15, 0.2) is 0 Å². The number of nitrogens with zero attached hydrogens (tertiary/aromatic N) is 2. The molecule has 0 spiro atoms. The molecule has 1 aromatic heterocycles. The highest BCUT2D eigenvalue weighted by molar-refractivity contribution is 9.10. The van der Waals surface area contributed by atoms with Crippen molar-refractivity contribution >= 4 is 44.5 Å². The van der Waals surface area contributed by atoms with Crippen molar-refractivity contribution in [2.24, 2.45) is 5.73 Å². The largest absolute Gasteiger partial charge is 0.370 e. The van der Waals surface area contributed by atoms with Gasteiger partial charge in [0.2, 0.25) is 5.91 Å². The maximum atomic E-state index is 10.8. The molecule has 2 N–H and O–H groups in total.